The second-order valence-electron chi connectivity index (χ2n) is 3.35. The van der Waals surface area contributed by atoms with Gasteiger partial charge in [0.05, 0.1) is 16.1 Å². The Morgan fingerprint density at radius 1 is 1.33 bits per heavy atom. The van der Waals surface area contributed by atoms with Crippen LogP contribution in [-0.4, -0.2) is 15.8 Å². The van der Waals surface area contributed by atoms with Crippen molar-refractivity contribution >= 4 is 17.1 Å². The van der Waals surface area contributed by atoms with Crippen LogP contribution in [0.3, 0.4) is 0 Å². The molecule has 0 aliphatic heterocycles. The van der Waals surface area contributed by atoms with Gasteiger partial charge in [0.25, 0.3) is 0 Å². The van der Waals surface area contributed by atoms with E-state index in [0.717, 1.165) is 11.3 Å². The number of hydrogen-bond acceptors (Lipinski definition) is 4. The fraction of sp³-hybridized carbons (Fsp3) is 0.182. The predicted octanol–water partition coefficient (Wildman–Crippen LogP) is 2.39. The lowest BCUT2D eigenvalue weighted by Gasteiger charge is -1.99. The number of carbonyl (C=O) groups is 1. The topological polar surface area (TPSA) is 42.9 Å². The molecule has 0 unspecified atom stereocenters. The number of pyridine rings is 1. The molecule has 0 amide bonds. The van der Waals surface area contributed by atoms with Gasteiger partial charge < -0.3 is 0 Å². The van der Waals surface area contributed by atoms with Crippen LogP contribution in [0.15, 0.2) is 24.0 Å². The maximum absolute atomic E-state index is 12.0. The molecule has 0 spiro atoms. The Labute approximate surface area is 91.8 Å². The molecule has 15 heavy (non-hydrogen) atoms. The van der Waals surface area contributed by atoms with Gasteiger partial charge in [-0.1, -0.05) is 0 Å². The first-order valence-corrected chi connectivity index (χ1v) is 5.43. The Morgan fingerprint density at radius 3 is 2.73 bits per heavy atom. The Morgan fingerprint density at radius 2 is 2.13 bits per heavy atom. The maximum atomic E-state index is 12.0. The van der Waals surface area contributed by atoms with Crippen molar-refractivity contribution in [3.05, 3.63) is 45.7 Å². The highest BCUT2D eigenvalue weighted by atomic mass is 32.1. The lowest BCUT2D eigenvalue weighted by molar-refractivity contribution is 0.104. The van der Waals surface area contributed by atoms with E-state index in [9.17, 15) is 4.79 Å². The molecule has 0 saturated carbocycles. The van der Waals surface area contributed by atoms with Crippen LogP contribution in [0.4, 0.5) is 0 Å². The fourth-order valence-corrected chi connectivity index (χ4v) is 2.09. The minimum atomic E-state index is 0.00574. The Bertz CT molecular complexity index is 505. The van der Waals surface area contributed by atoms with Crippen LogP contribution in [0.1, 0.15) is 26.5 Å². The maximum Gasteiger partial charge on any atom is 0.206 e. The molecule has 0 N–H and O–H groups in total. The normalized spacial score (nSPS) is 10.3. The molecular weight excluding hydrogens is 208 g/mol. The molecule has 0 aliphatic rings. The summed E-state index contributed by atoms with van der Waals surface area (Å²) in [6, 6.07) is 1.84. The van der Waals surface area contributed by atoms with Gasteiger partial charge in [-0.3, -0.25) is 9.78 Å². The third-order valence-electron chi connectivity index (χ3n) is 2.09. The van der Waals surface area contributed by atoms with E-state index < -0.39 is 0 Å². The third-order valence-corrected chi connectivity index (χ3v) is 3.02. The molecule has 2 heterocycles. The Balaban J connectivity index is 2.41. The monoisotopic (exact) mass is 218 g/mol. The standard InChI is InChI=1S/C11H10N2OS/c1-7-3-9(5-12-4-7)10(14)11-8(2)13-6-15-11/h3-6H,1-2H3. The van der Waals surface area contributed by atoms with Gasteiger partial charge in [0.2, 0.25) is 5.78 Å². The van der Waals surface area contributed by atoms with Crippen molar-refractivity contribution in [3.63, 3.8) is 0 Å². The number of hydrogen-bond donors (Lipinski definition) is 0. The van der Waals surface area contributed by atoms with Gasteiger partial charge in [-0.25, -0.2) is 4.98 Å². The predicted molar refractivity (Wildman–Crippen MR) is 59.3 cm³/mol. The molecule has 2 aromatic heterocycles. The van der Waals surface area contributed by atoms with Crippen LogP contribution in [0.25, 0.3) is 0 Å². The molecule has 2 aromatic rings. The second-order valence-corrected chi connectivity index (χ2v) is 4.20. The van der Waals surface area contributed by atoms with Gasteiger partial charge in [0.15, 0.2) is 0 Å². The molecule has 3 nitrogen and oxygen atoms in total. The smallest absolute Gasteiger partial charge is 0.206 e. The summed E-state index contributed by atoms with van der Waals surface area (Å²) in [7, 11) is 0. The molecule has 76 valence electrons. The highest BCUT2D eigenvalue weighted by molar-refractivity contribution is 7.12. The van der Waals surface area contributed by atoms with E-state index in [4.69, 9.17) is 0 Å². The van der Waals surface area contributed by atoms with Gasteiger partial charge >= 0.3 is 0 Å². The summed E-state index contributed by atoms with van der Waals surface area (Å²) < 4.78 is 0. The van der Waals surface area contributed by atoms with Crippen LogP contribution >= 0.6 is 11.3 Å². The third kappa shape index (κ3) is 1.94. The van der Waals surface area contributed by atoms with Gasteiger partial charge in [0.1, 0.15) is 0 Å². The Kier molecular flexibility index (Phi) is 2.60. The highest BCUT2D eigenvalue weighted by Crippen LogP contribution is 2.17. The molecular formula is C11H10N2OS. The highest BCUT2D eigenvalue weighted by Gasteiger charge is 2.14. The van der Waals surface area contributed by atoms with Crippen LogP contribution in [0.5, 0.6) is 0 Å². The van der Waals surface area contributed by atoms with Crippen molar-refractivity contribution in [1.82, 2.24) is 9.97 Å². The first-order chi connectivity index (χ1) is 7.18. The van der Waals surface area contributed by atoms with Crippen molar-refractivity contribution in [1.29, 1.82) is 0 Å². The number of aryl methyl sites for hydroxylation is 2. The minimum absolute atomic E-state index is 0.00574. The molecule has 0 saturated heterocycles. The average Bonchev–Trinajstić information content (AvgIpc) is 2.63. The second kappa shape index (κ2) is 3.90. The van der Waals surface area contributed by atoms with Crippen LogP contribution in [0.2, 0.25) is 0 Å². The quantitative estimate of drug-likeness (QED) is 0.727. The van der Waals surface area contributed by atoms with E-state index in [2.05, 4.69) is 9.97 Å². The number of carbonyl (C=O) groups excluding carboxylic acids is 1. The lowest BCUT2D eigenvalue weighted by Crippen LogP contribution is -2.01. The van der Waals surface area contributed by atoms with Gasteiger partial charge in [-0.15, -0.1) is 11.3 Å². The lowest BCUT2D eigenvalue weighted by atomic mass is 10.1. The van der Waals surface area contributed by atoms with Gasteiger partial charge in [-0.05, 0) is 25.5 Å². The van der Waals surface area contributed by atoms with Crippen molar-refractivity contribution in [2.45, 2.75) is 13.8 Å². The zero-order valence-corrected chi connectivity index (χ0v) is 9.34. The summed E-state index contributed by atoms with van der Waals surface area (Å²) in [5, 5.41) is 0. The summed E-state index contributed by atoms with van der Waals surface area (Å²) in [4.78, 5) is 20.8. The molecule has 0 aromatic carbocycles. The fourth-order valence-electron chi connectivity index (χ4n) is 1.33. The molecule has 0 aliphatic carbocycles. The molecule has 0 bridgehead atoms. The largest absolute Gasteiger partial charge is 0.288 e. The minimum Gasteiger partial charge on any atom is -0.288 e. The van der Waals surface area contributed by atoms with E-state index in [0.29, 0.717) is 10.4 Å². The van der Waals surface area contributed by atoms with Crippen molar-refractivity contribution in [2.24, 2.45) is 0 Å². The molecule has 0 atom stereocenters. The van der Waals surface area contributed by atoms with Gasteiger partial charge in [0, 0.05) is 18.0 Å². The first-order valence-electron chi connectivity index (χ1n) is 4.55. The number of aromatic nitrogens is 2. The van der Waals surface area contributed by atoms with E-state index in [1.54, 1.807) is 17.9 Å². The average molecular weight is 218 g/mol. The molecule has 0 fully saturated rings. The van der Waals surface area contributed by atoms with Crippen LogP contribution in [-0.2, 0) is 0 Å². The van der Waals surface area contributed by atoms with Crippen LogP contribution < -0.4 is 0 Å². The summed E-state index contributed by atoms with van der Waals surface area (Å²) >= 11 is 1.37. The van der Waals surface area contributed by atoms with Crippen molar-refractivity contribution in [2.75, 3.05) is 0 Å². The molecule has 2 rings (SSSR count). The summed E-state index contributed by atoms with van der Waals surface area (Å²) in [5.41, 5.74) is 4.09. The zero-order valence-electron chi connectivity index (χ0n) is 8.52. The summed E-state index contributed by atoms with van der Waals surface area (Å²) in [5.74, 6) is 0.00574. The number of rotatable bonds is 2. The zero-order chi connectivity index (χ0) is 10.8. The van der Waals surface area contributed by atoms with Crippen LogP contribution in [0, 0.1) is 13.8 Å². The first kappa shape index (κ1) is 9.98. The SMILES string of the molecule is Cc1cncc(C(=O)c2scnc2C)c1. The molecule has 0 radical (unpaired) electrons. The molecule has 4 heteroatoms. The van der Waals surface area contributed by atoms with E-state index in [1.807, 2.05) is 19.9 Å². The van der Waals surface area contributed by atoms with Gasteiger partial charge in [-0.2, -0.15) is 0 Å². The Hall–Kier alpha value is -1.55. The van der Waals surface area contributed by atoms with E-state index in [-0.39, 0.29) is 5.78 Å². The van der Waals surface area contributed by atoms with E-state index >= 15 is 0 Å². The number of ketones is 1. The summed E-state index contributed by atoms with van der Waals surface area (Å²) in [6.45, 7) is 3.76. The van der Waals surface area contributed by atoms with Crippen molar-refractivity contribution < 1.29 is 4.79 Å². The van der Waals surface area contributed by atoms with E-state index in [1.165, 1.54) is 11.3 Å². The van der Waals surface area contributed by atoms with Crippen molar-refractivity contribution in [3.8, 4) is 0 Å². The summed E-state index contributed by atoms with van der Waals surface area (Å²) in [6.07, 6.45) is 3.32. The number of nitrogens with zero attached hydrogens (tertiary/aromatic N) is 2. The number of thiazole rings is 1.